The van der Waals surface area contributed by atoms with Crippen molar-refractivity contribution in [1.82, 2.24) is 5.32 Å². The van der Waals surface area contributed by atoms with Crippen LogP contribution in [0.1, 0.15) is 46.1 Å². The van der Waals surface area contributed by atoms with Gasteiger partial charge in [0.2, 0.25) is 0 Å². The molecule has 1 N–H and O–H groups in total. The van der Waals surface area contributed by atoms with Gasteiger partial charge in [-0.1, -0.05) is 52.7 Å². The molecule has 0 heterocycles. The van der Waals surface area contributed by atoms with Crippen LogP contribution in [0.4, 0.5) is 0 Å². The first-order valence-corrected chi connectivity index (χ1v) is 8.05. The van der Waals surface area contributed by atoms with Gasteiger partial charge in [0.15, 0.2) is 0 Å². The zero-order chi connectivity index (χ0) is 13.4. The number of rotatable bonds is 8. The van der Waals surface area contributed by atoms with E-state index >= 15 is 0 Å². The van der Waals surface area contributed by atoms with Gasteiger partial charge in [-0.3, -0.25) is 0 Å². The Hall–Kier alpha value is -0.470. The molecule has 0 saturated heterocycles. The first kappa shape index (κ1) is 15.6. The summed E-state index contributed by atoms with van der Waals surface area (Å²) in [5.74, 6) is 2.05. The summed E-state index contributed by atoms with van der Waals surface area (Å²) in [6, 6.07) is 9.46. The first-order chi connectivity index (χ1) is 8.61. The van der Waals surface area contributed by atoms with E-state index in [1.54, 1.807) is 0 Å². The van der Waals surface area contributed by atoms with Gasteiger partial charge in [0.25, 0.3) is 0 Å². The van der Waals surface area contributed by atoms with Crippen LogP contribution in [0.5, 0.6) is 0 Å². The fourth-order valence-corrected chi connectivity index (χ4v) is 2.93. The second kappa shape index (κ2) is 8.60. The molecule has 2 heteroatoms. The Morgan fingerprint density at radius 1 is 1.22 bits per heavy atom. The molecule has 1 atom stereocenters. The summed E-state index contributed by atoms with van der Waals surface area (Å²) in [7, 11) is 0. The zero-order valence-electron chi connectivity index (χ0n) is 12.2. The minimum absolute atomic E-state index is 0.547. The molecule has 1 aromatic rings. The van der Waals surface area contributed by atoms with E-state index in [1.807, 2.05) is 11.8 Å². The van der Waals surface area contributed by atoms with Crippen LogP contribution in [0, 0.1) is 5.92 Å². The normalized spacial score (nSPS) is 12.9. The van der Waals surface area contributed by atoms with Gasteiger partial charge in [0, 0.05) is 23.2 Å². The molecule has 0 bridgehead atoms. The van der Waals surface area contributed by atoms with Gasteiger partial charge in [-0.2, -0.15) is 0 Å². The number of benzene rings is 1. The minimum Gasteiger partial charge on any atom is -0.310 e. The van der Waals surface area contributed by atoms with E-state index in [0.29, 0.717) is 6.04 Å². The van der Waals surface area contributed by atoms with Crippen molar-refractivity contribution in [3.63, 3.8) is 0 Å². The van der Waals surface area contributed by atoms with Gasteiger partial charge in [-0.25, -0.2) is 0 Å². The summed E-state index contributed by atoms with van der Waals surface area (Å²) in [4.78, 5) is 1.40. The lowest BCUT2D eigenvalue weighted by molar-refractivity contribution is 0.585. The van der Waals surface area contributed by atoms with E-state index in [4.69, 9.17) is 0 Å². The molecule has 0 aromatic heterocycles. The molecule has 0 radical (unpaired) electrons. The summed E-state index contributed by atoms with van der Waals surface area (Å²) < 4.78 is 0. The Balaban J connectivity index is 2.43. The molecule has 0 aliphatic carbocycles. The Morgan fingerprint density at radius 2 is 2.00 bits per heavy atom. The summed E-state index contributed by atoms with van der Waals surface area (Å²) in [5.41, 5.74) is 1.39. The van der Waals surface area contributed by atoms with Crippen LogP contribution >= 0.6 is 11.8 Å². The molecule has 0 aliphatic rings. The van der Waals surface area contributed by atoms with E-state index in [1.165, 1.54) is 29.1 Å². The average molecular weight is 265 g/mol. The van der Waals surface area contributed by atoms with Gasteiger partial charge < -0.3 is 5.32 Å². The maximum absolute atomic E-state index is 3.46. The molecular formula is C16H27NS. The number of hydrogen-bond acceptors (Lipinski definition) is 2. The molecular weight excluding hydrogens is 238 g/mol. The largest absolute Gasteiger partial charge is 0.310 e. The van der Waals surface area contributed by atoms with Crippen LogP contribution in [0.2, 0.25) is 0 Å². The molecule has 0 fully saturated rings. The molecule has 0 spiro atoms. The van der Waals surface area contributed by atoms with Crippen molar-refractivity contribution in [2.24, 2.45) is 5.92 Å². The average Bonchev–Trinajstić information content (AvgIpc) is 2.35. The monoisotopic (exact) mass is 265 g/mol. The van der Waals surface area contributed by atoms with Crippen molar-refractivity contribution in [2.75, 3.05) is 5.75 Å². The molecule has 1 aromatic carbocycles. The molecule has 1 nitrogen and oxygen atoms in total. The van der Waals surface area contributed by atoms with E-state index in [9.17, 15) is 0 Å². The third-order valence-corrected chi connectivity index (χ3v) is 4.25. The van der Waals surface area contributed by atoms with Gasteiger partial charge in [-0.05, 0) is 23.6 Å². The highest BCUT2D eigenvalue weighted by molar-refractivity contribution is 7.99. The lowest BCUT2D eigenvalue weighted by Crippen LogP contribution is -2.21. The predicted octanol–water partition coefficient (Wildman–Crippen LogP) is 4.71. The molecule has 102 valence electrons. The smallest absolute Gasteiger partial charge is 0.0208 e. The van der Waals surface area contributed by atoms with Gasteiger partial charge in [0.05, 0.1) is 0 Å². The molecule has 0 amide bonds. The van der Waals surface area contributed by atoms with Crippen LogP contribution in [-0.4, -0.2) is 11.8 Å². The molecule has 18 heavy (non-hydrogen) atoms. The molecule has 0 saturated carbocycles. The highest BCUT2D eigenvalue weighted by Crippen LogP contribution is 2.23. The quantitative estimate of drug-likeness (QED) is 0.683. The highest BCUT2D eigenvalue weighted by atomic mass is 32.2. The first-order valence-electron chi connectivity index (χ1n) is 7.07. The SMILES string of the molecule is CCCC(C)CSc1cccc(CNC(C)C)c1. The van der Waals surface area contributed by atoms with Gasteiger partial charge >= 0.3 is 0 Å². The molecule has 1 rings (SSSR count). The summed E-state index contributed by atoms with van der Waals surface area (Å²) >= 11 is 1.99. The minimum atomic E-state index is 0.547. The molecule has 1 unspecified atom stereocenters. The van der Waals surface area contributed by atoms with Gasteiger partial charge in [-0.15, -0.1) is 11.8 Å². The van der Waals surface area contributed by atoms with Crippen molar-refractivity contribution in [1.29, 1.82) is 0 Å². The van der Waals surface area contributed by atoms with Crippen LogP contribution in [0.25, 0.3) is 0 Å². The summed E-state index contributed by atoms with van der Waals surface area (Å²) in [6.07, 6.45) is 2.63. The topological polar surface area (TPSA) is 12.0 Å². The lowest BCUT2D eigenvalue weighted by atomic mass is 10.1. The number of hydrogen-bond donors (Lipinski definition) is 1. The maximum Gasteiger partial charge on any atom is 0.0208 e. The third-order valence-electron chi connectivity index (χ3n) is 2.93. The van der Waals surface area contributed by atoms with E-state index < -0.39 is 0 Å². The Bertz CT molecular complexity index is 336. The predicted molar refractivity (Wildman–Crippen MR) is 83.2 cm³/mol. The zero-order valence-corrected chi connectivity index (χ0v) is 13.0. The lowest BCUT2D eigenvalue weighted by Gasteiger charge is -2.11. The second-order valence-electron chi connectivity index (χ2n) is 5.39. The Labute approximate surface area is 117 Å². The highest BCUT2D eigenvalue weighted by Gasteiger charge is 2.03. The van der Waals surface area contributed by atoms with Crippen molar-refractivity contribution >= 4 is 11.8 Å². The summed E-state index contributed by atoms with van der Waals surface area (Å²) in [6.45, 7) is 9.95. The molecule has 0 aliphatic heterocycles. The number of thioether (sulfide) groups is 1. The van der Waals surface area contributed by atoms with Gasteiger partial charge in [0.1, 0.15) is 0 Å². The maximum atomic E-state index is 3.46. The van der Waals surface area contributed by atoms with Crippen molar-refractivity contribution in [3.05, 3.63) is 29.8 Å². The van der Waals surface area contributed by atoms with Crippen molar-refractivity contribution in [2.45, 2.75) is 58.0 Å². The second-order valence-corrected chi connectivity index (χ2v) is 6.48. The third kappa shape index (κ3) is 6.46. The fourth-order valence-electron chi connectivity index (χ4n) is 1.88. The van der Waals surface area contributed by atoms with E-state index in [2.05, 4.69) is 57.3 Å². The van der Waals surface area contributed by atoms with E-state index in [-0.39, 0.29) is 0 Å². The van der Waals surface area contributed by atoms with E-state index in [0.717, 1.165) is 12.5 Å². The van der Waals surface area contributed by atoms with Crippen LogP contribution in [-0.2, 0) is 6.54 Å². The van der Waals surface area contributed by atoms with Crippen LogP contribution in [0.15, 0.2) is 29.2 Å². The van der Waals surface area contributed by atoms with Crippen LogP contribution in [0.3, 0.4) is 0 Å². The fraction of sp³-hybridized carbons (Fsp3) is 0.625. The van der Waals surface area contributed by atoms with Crippen molar-refractivity contribution in [3.8, 4) is 0 Å². The standard InChI is InChI=1S/C16H27NS/c1-5-7-14(4)12-18-16-9-6-8-15(10-16)11-17-13(2)3/h6,8-10,13-14,17H,5,7,11-12H2,1-4H3. The number of nitrogens with one attached hydrogen (secondary N) is 1. The Kier molecular flexibility index (Phi) is 7.45. The van der Waals surface area contributed by atoms with Crippen LogP contribution < -0.4 is 5.32 Å². The van der Waals surface area contributed by atoms with Crippen molar-refractivity contribution < 1.29 is 0 Å². The summed E-state index contributed by atoms with van der Waals surface area (Å²) in [5, 5.41) is 3.46. The Morgan fingerprint density at radius 3 is 2.67 bits per heavy atom.